The Morgan fingerprint density at radius 3 is 2.46 bits per heavy atom. The standard InChI is InChI=1S/C17H14N4O2S/c22-24(23,21-17-5-1-2-11-19-17)16-8-6-15(7-9-16)20-13-14-4-3-10-18-12-14/h1-13H,(H,19,21). The van der Waals surface area contributed by atoms with Gasteiger partial charge >= 0.3 is 0 Å². The van der Waals surface area contributed by atoms with Gasteiger partial charge in [0, 0.05) is 30.4 Å². The van der Waals surface area contributed by atoms with Crippen LogP contribution in [0.1, 0.15) is 5.56 Å². The fraction of sp³-hybridized carbons (Fsp3) is 0. The zero-order valence-electron chi connectivity index (χ0n) is 12.6. The molecule has 0 aliphatic rings. The minimum absolute atomic E-state index is 0.147. The first-order valence-corrected chi connectivity index (χ1v) is 8.60. The van der Waals surface area contributed by atoms with Gasteiger partial charge in [0.2, 0.25) is 0 Å². The van der Waals surface area contributed by atoms with Crippen molar-refractivity contribution < 1.29 is 8.42 Å². The number of sulfonamides is 1. The van der Waals surface area contributed by atoms with Crippen molar-refractivity contribution in [1.29, 1.82) is 0 Å². The van der Waals surface area contributed by atoms with Gasteiger partial charge in [-0.1, -0.05) is 12.1 Å². The number of aliphatic imine (C=N–C) groups is 1. The van der Waals surface area contributed by atoms with Gasteiger partial charge in [-0.25, -0.2) is 13.4 Å². The Morgan fingerprint density at radius 2 is 1.79 bits per heavy atom. The Morgan fingerprint density at radius 1 is 0.958 bits per heavy atom. The van der Waals surface area contributed by atoms with Gasteiger partial charge < -0.3 is 0 Å². The maximum atomic E-state index is 12.3. The fourth-order valence-electron chi connectivity index (χ4n) is 1.93. The van der Waals surface area contributed by atoms with Gasteiger partial charge in [-0.2, -0.15) is 0 Å². The van der Waals surface area contributed by atoms with Crippen LogP contribution >= 0.6 is 0 Å². The summed E-state index contributed by atoms with van der Waals surface area (Å²) in [6.45, 7) is 0. The minimum Gasteiger partial charge on any atom is -0.264 e. The van der Waals surface area contributed by atoms with Crippen LogP contribution in [0.15, 0.2) is 83.1 Å². The van der Waals surface area contributed by atoms with Crippen LogP contribution in [0, 0.1) is 0 Å². The Balaban J connectivity index is 1.75. The van der Waals surface area contributed by atoms with E-state index in [1.54, 1.807) is 48.9 Å². The molecule has 24 heavy (non-hydrogen) atoms. The Labute approximate surface area is 140 Å². The third kappa shape index (κ3) is 4.02. The van der Waals surface area contributed by atoms with Crippen molar-refractivity contribution in [1.82, 2.24) is 9.97 Å². The van der Waals surface area contributed by atoms with Crippen molar-refractivity contribution in [2.45, 2.75) is 4.90 Å². The molecule has 0 aliphatic heterocycles. The van der Waals surface area contributed by atoms with Crippen LogP contribution in [0.25, 0.3) is 0 Å². The highest BCUT2D eigenvalue weighted by Gasteiger charge is 2.14. The van der Waals surface area contributed by atoms with Crippen LogP contribution < -0.4 is 4.72 Å². The minimum atomic E-state index is -3.67. The zero-order valence-corrected chi connectivity index (χ0v) is 13.4. The Bertz CT molecular complexity index is 925. The van der Waals surface area contributed by atoms with Crippen molar-refractivity contribution in [3.63, 3.8) is 0 Å². The number of benzene rings is 1. The van der Waals surface area contributed by atoms with E-state index in [4.69, 9.17) is 0 Å². The van der Waals surface area contributed by atoms with E-state index in [0.717, 1.165) is 5.56 Å². The number of nitrogens with one attached hydrogen (secondary N) is 1. The first kappa shape index (κ1) is 15.8. The monoisotopic (exact) mass is 338 g/mol. The summed E-state index contributed by atoms with van der Waals surface area (Å²) in [7, 11) is -3.67. The normalized spacial score (nSPS) is 11.5. The highest BCUT2D eigenvalue weighted by Crippen LogP contribution is 2.18. The predicted octanol–water partition coefficient (Wildman–Crippen LogP) is 3.03. The summed E-state index contributed by atoms with van der Waals surface area (Å²) < 4.78 is 27.0. The molecular formula is C17H14N4O2S. The molecule has 0 bridgehead atoms. The van der Waals surface area contributed by atoms with Crippen LogP contribution in [0.4, 0.5) is 11.5 Å². The molecular weight excluding hydrogens is 324 g/mol. The summed E-state index contributed by atoms with van der Waals surface area (Å²) in [6.07, 6.45) is 6.57. The van der Waals surface area contributed by atoms with Gasteiger partial charge in [0.1, 0.15) is 5.82 Å². The molecule has 0 amide bonds. The molecule has 120 valence electrons. The van der Waals surface area contributed by atoms with E-state index in [9.17, 15) is 8.42 Å². The quantitative estimate of drug-likeness (QED) is 0.725. The van der Waals surface area contributed by atoms with Crippen LogP contribution in [0.2, 0.25) is 0 Å². The second-order valence-electron chi connectivity index (χ2n) is 4.86. The second kappa shape index (κ2) is 7.01. The highest BCUT2D eigenvalue weighted by molar-refractivity contribution is 7.92. The molecule has 3 rings (SSSR count). The molecule has 7 heteroatoms. The summed E-state index contributed by atoms with van der Waals surface area (Å²) in [4.78, 5) is 12.4. The molecule has 0 aliphatic carbocycles. The van der Waals surface area contributed by atoms with Gasteiger partial charge in [-0.05, 0) is 42.5 Å². The molecule has 2 heterocycles. The number of anilines is 1. The molecule has 6 nitrogen and oxygen atoms in total. The number of pyridine rings is 2. The first-order valence-electron chi connectivity index (χ1n) is 7.11. The molecule has 3 aromatic rings. The van der Waals surface area contributed by atoms with Crippen molar-refractivity contribution in [3.8, 4) is 0 Å². The number of rotatable bonds is 5. The number of nitrogens with zero attached hydrogens (tertiary/aromatic N) is 3. The predicted molar refractivity (Wildman–Crippen MR) is 93.0 cm³/mol. The maximum Gasteiger partial charge on any atom is 0.263 e. The molecule has 0 spiro atoms. The lowest BCUT2D eigenvalue weighted by atomic mass is 10.3. The summed E-state index contributed by atoms with van der Waals surface area (Å²) in [5.41, 5.74) is 1.52. The smallest absolute Gasteiger partial charge is 0.263 e. The Kier molecular flexibility index (Phi) is 4.62. The molecule has 1 aromatic carbocycles. The molecule has 0 saturated heterocycles. The van der Waals surface area contributed by atoms with E-state index in [2.05, 4.69) is 19.7 Å². The lowest BCUT2D eigenvalue weighted by Gasteiger charge is -2.07. The molecule has 1 N–H and O–H groups in total. The van der Waals surface area contributed by atoms with Crippen LogP contribution in [0.3, 0.4) is 0 Å². The third-order valence-electron chi connectivity index (χ3n) is 3.10. The number of hydrogen-bond donors (Lipinski definition) is 1. The van der Waals surface area contributed by atoms with Gasteiger partial charge in [0.05, 0.1) is 10.6 Å². The van der Waals surface area contributed by atoms with E-state index in [-0.39, 0.29) is 10.7 Å². The number of aromatic nitrogens is 2. The van der Waals surface area contributed by atoms with E-state index in [1.165, 1.54) is 18.3 Å². The van der Waals surface area contributed by atoms with E-state index in [0.29, 0.717) is 5.69 Å². The molecule has 0 radical (unpaired) electrons. The van der Waals surface area contributed by atoms with Gasteiger partial charge in [0.25, 0.3) is 10.0 Å². The van der Waals surface area contributed by atoms with Crippen molar-refractivity contribution >= 4 is 27.7 Å². The van der Waals surface area contributed by atoms with Gasteiger partial charge in [-0.15, -0.1) is 0 Å². The van der Waals surface area contributed by atoms with Crippen molar-refractivity contribution in [2.24, 2.45) is 4.99 Å². The second-order valence-corrected chi connectivity index (χ2v) is 6.54. The van der Waals surface area contributed by atoms with E-state index >= 15 is 0 Å². The molecule has 0 atom stereocenters. The fourth-order valence-corrected chi connectivity index (χ4v) is 2.94. The summed E-state index contributed by atoms with van der Waals surface area (Å²) in [6, 6.07) is 15.0. The molecule has 0 fully saturated rings. The third-order valence-corrected chi connectivity index (χ3v) is 4.47. The first-order chi connectivity index (χ1) is 11.6. The lowest BCUT2D eigenvalue weighted by Crippen LogP contribution is -2.13. The van der Waals surface area contributed by atoms with Crippen LogP contribution in [0.5, 0.6) is 0 Å². The maximum absolute atomic E-state index is 12.3. The average molecular weight is 338 g/mol. The molecule has 0 saturated carbocycles. The van der Waals surface area contributed by atoms with Crippen LogP contribution in [-0.2, 0) is 10.0 Å². The lowest BCUT2D eigenvalue weighted by molar-refractivity contribution is 0.601. The number of hydrogen-bond acceptors (Lipinski definition) is 5. The summed E-state index contributed by atoms with van der Waals surface area (Å²) >= 11 is 0. The van der Waals surface area contributed by atoms with Crippen LogP contribution in [-0.4, -0.2) is 24.6 Å². The largest absolute Gasteiger partial charge is 0.264 e. The van der Waals surface area contributed by atoms with Gasteiger partial charge in [-0.3, -0.25) is 14.7 Å². The topological polar surface area (TPSA) is 84.3 Å². The Hall–Kier alpha value is -3.06. The molecule has 2 aromatic heterocycles. The van der Waals surface area contributed by atoms with E-state index < -0.39 is 10.0 Å². The highest BCUT2D eigenvalue weighted by atomic mass is 32.2. The SMILES string of the molecule is O=S(=O)(Nc1ccccn1)c1ccc(N=Cc2cccnc2)cc1. The average Bonchev–Trinajstić information content (AvgIpc) is 2.62. The summed E-state index contributed by atoms with van der Waals surface area (Å²) in [5.74, 6) is 0.274. The van der Waals surface area contributed by atoms with Crippen molar-refractivity contribution in [2.75, 3.05) is 4.72 Å². The van der Waals surface area contributed by atoms with Crippen molar-refractivity contribution in [3.05, 3.63) is 78.8 Å². The van der Waals surface area contributed by atoms with E-state index in [1.807, 2.05) is 12.1 Å². The summed E-state index contributed by atoms with van der Waals surface area (Å²) in [5, 5.41) is 0. The zero-order chi connectivity index (χ0) is 16.8. The van der Waals surface area contributed by atoms with Gasteiger partial charge in [0.15, 0.2) is 0 Å². The molecule has 0 unspecified atom stereocenters.